The number of benzene rings is 2. The number of urea groups is 1. The Kier molecular flexibility index (Phi) is 6.17. The van der Waals surface area contributed by atoms with Gasteiger partial charge in [0.25, 0.3) is 5.91 Å². The van der Waals surface area contributed by atoms with Crippen LogP contribution in [-0.2, 0) is 21.7 Å². The lowest BCUT2D eigenvalue weighted by atomic mass is 9.92. The fourth-order valence-electron chi connectivity index (χ4n) is 4.11. The molecule has 2 fully saturated rings. The summed E-state index contributed by atoms with van der Waals surface area (Å²) in [5.74, 6) is -1.10. The number of nitrogens with zero attached hydrogens (tertiary/aromatic N) is 3. The third-order valence-electron chi connectivity index (χ3n) is 6.09. The molecule has 0 aromatic heterocycles. The van der Waals surface area contributed by atoms with Gasteiger partial charge in [-0.1, -0.05) is 48.0 Å². The summed E-state index contributed by atoms with van der Waals surface area (Å²) in [6.45, 7) is 3.60. The van der Waals surface area contributed by atoms with Gasteiger partial charge in [0.2, 0.25) is 5.91 Å². The Morgan fingerprint density at radius 3 is 2.41 bits per heavy atom. The summed E-state index contributed by atoms with van der Waals surface area (Å²) in [7, 11) is 0. The minimum atomic E-state index is -1.20. The van der Waals surface area contributed by atoms with E-state index < -0.39 is 17.5 Å². The molecule has 0 bridgehead atoms. The Labute approximate surface area is 190 Å². The number of carbonyl (C=O) groups is 3. The predicted octanol–water partition coefficient (Wildman–Crippen LogP) is 2.59. The van der Waals surface area contributed by atoms with Crippen LogP contribution in [0.2, 0.25) is 5.02 Å². The number of amides is 4. The normalized spacial score (nSPS) is 21.7. The SMILES string of the molecule is CC1(c2ccccc2)NC(=O)N(CC(=O)N2CCN(Cc3c(F)cccc3Cl)CC2)C1=O. The molecule has 2 saturated heterocycles. The highest BCUT2D eigenvalue weighted by Gasteiger charge is 2.49. The van der Waals surface area contributed by atoms with E-state index >= 15 is 0 Å². The van der Waals surface area contributed by atoms with Crippen molar-refractivity contribution in [1.82, 2.24) is 20.0 Å². The summed E-state index contributed by atoms with van der Waals surface area (Å²) in [5.41, 5.74) is -0.0988. The Morgan fingerprint density at radius 2 is 1.75 bits per heavy atom. The van der Waals surface area contributed by atoms with Crippen LogP contribution in [0.4, 0.5) is 9.18 Å². The Balaban J connectivity index is 1.35. The molecule has 0 radical (unpaired) electrons. The average Bonchev–Trinajstić information content (AvgIpc) is 3.01. The number of hydrogen-bond donors (Lipinski definition) is 1. The largest absolute Gasteiger partial charge is 0.339 e. The van der Waals surface area contributed by atoms with Crippen molar-refractivity contribution in [2.24, 2.45) is 0 Å². The number of carbonyl (C=O) groups excluding carboxylic acids is 3. The molecule has 1 N–H and O–H groups in total. The third kappa shape index (κ3) is 4.20. The van der Waals surface area contributed by atoms with Crippen LogP contribution in [0.15, 0.2) is 48.5 Å². The number of halogens is 2. The zero-order valence-electron chi connectivity index (χ0n) is 17.7. The molecule has 9 heteroatoms. The number of piperazine rings is 1. The Hall–Kier alpha value is -2.97. The summed E-state index contributed by atoms with van der Waals surface area (Å²) in [5, 5.41) is 3.09. The van der Waals surface area contributed by atoms with Gasteiger partial charge in [0.1, 0.15) is 17.9 Å². The lowest BCUT2D eigenvalue weighted by Crippen LogP contribution is -2.51. The molecule has 1 unspecified atom stereocenters. The number of imide groups is 1. The molecule has 168 valence electrons. The first-order chi connectivity index (χ1) is 15.3. The van der Waals surface area contributed by atoms with Gasteiger partial charge in [-0.15, -0.1) is 0 Å². The minimum Gasteiger partial charge on any atom is -0.339 e. The summed E-state index contributed by atoms with van der Waals surface area (Å²) in [4.78, 5) is 42.9. The molecule has 32 heavy (non-hydrogen) atoms. The first-order valence-electron chi connectivity index (χ1n) is 10.4. The topological polar surface area (TPSA) is 73.0 Å². The van der Waals surface area contributed by atoms with Crippen molar-refractivity contribution in [2.45, 2.75) is 19.0 Å². The number of hydrogen-bond acceptors (Lipinski definition) is 4. The van der Waals surface area contributed by atoms with E-state index in [2.05, 4.69) is 5.32 Å². The molecular formula is C23H24ClFN4O3. The van der Waals surface area contributed by atoms with Crippen LogP contribution in [0.25, 0.3) is 0 Å². The van der Waals surface area contributed by atoms with Crippen molar-refractivity contribution in [3.63, 3.8) is 0 Å². The lowest BCUT2D eigenvalue weighted by molar-refractivity contribution is -0.140. The van der Waals surface area contributed by atoms with Crippen LogP contribution in [0.3, 0.4) is 0 Å². The first-order valence-corrected chi connectivity index (χ1v) is 10.8. The van der Waals surface area contributed by atoms with Crippen molar-refractivity contribution in [2.75, 3.05) is 32.7 Å². The molecular weight excluding hydrogens is 435 g/mol. The van der Waals surface area contributed by atoms with E-state index in [0.29, 0.717) is 48.9 Å². The molecule has 4 rings (SSSR count). The van der Waals surface area contributed by atoms with E-state index in [4.69, 9.17) is 11.6 Å². The smallest absolute Gasteiger partial charge is 0.325 e. The molecule has 2 aromatic carbocycles. The summed E-state index contributed by atoms with van der Waals surface area (Å²) >= 11 is 6.11. The van der Waals surface area contributed by atoms with Crippen LogP contribution >= 0.6 is 11.6 Å². The molecule has 2 heterocycles. The maximum absolute atomic E-state index is 14.0. The quantitative estimate of drug-likeness (QED) is 0.699. The van der Waals surface area contributed by atoms with E-state index in [1.807, 2.05) is 11.0 Å². The van der Waals surface area contributed by atoms with Gasteiger partial charge in [0.05, 0.1) is 0 Å². The van der Waals surface area contributed by atoms with Crippen LogP contribution < -0.4 is 5.32 Å². The second kappa shape index (κ2) is 8.88. The van der Waals surface area contributed by atoms with Gasteiger partial charge in [-0.2, -0.15) is 0 Å². The van der Waals surface area contributed by atoms with Crippen LogP contribution in [-0.4, -0.2) is 65.3 Å². The molecule has 0 saturated carbocycles. The van der Waals surface area contributed by atoms with Crippen molar-refractivity contribution in [3.05, 3.63) is 70.5 Å². The van der Waals surface area contributed by atoms with E-state index in [-0.39, 0.29) is 18.3 Å². The fraction of sp³-hybridized carbons (Fsp3) is 0.348. The zero-order chi connectivity index (χ0) is 22.9. The van der Waals surface area contributed by atoms with E-state index in [0.717, 1.165) is 4.90 Å². The highest BCUT2D eigenvalue weighted by atomic mass is 35.5. The molecule has 1 atom stereocenters. The van der Waals surface area contributed by atoms with Gasteiger partial charge in [0, 0.05) is 43.3 Å². The average molecular weight is 459 g/mol. The monoisotopic (exact) mass is 458 g/mol. The summed E-state index contributed by atoms with van der Waals surface area (Å²) < 4.78 is 14.0. The van der Waals surface area contributed by atoms with Gasteiger partial charge >= 0.3 is 6.03 Å². The number of nitrogens with one attached hydrogen (secondary N) is 1. The highest BCUT2D eigenvalue weighted by Crippen LogP contribution is 2.28. The van der Waals surface area contributed by atoms with Crippen LogP contribution in [0, 0.1) is 5.82 Å². The molecule has 0 spiro atoms. The van der Waals surface area contributed by atoms with Crippen molar-refractivity contribution in [1.29, 1.82) is 0 Å². The molecule has 4 amide bonds. The second-order valence-corrected chi connectivity index (χ2v) is 8.58. The molecule has 2 aliphatic rings. The zero-order valence-corrected chi connectivity index (χ0v) is 18.4. The van der Waals surface area contributed by atoms with Crippen molar-refractivity contribution in [3.8, 4) is 0 Å². The molecule has 2 aromatic rings. The second-order valence-electron chi connectivity index (χ2n) is 8.17. The first kappa shape index (κ1) is 22.2. The molecule has 2 aliphatic heterocycles. The summed E-state index contributed by atoms with van der Waals surface area (Å²) in [6, 6.07) is 13.0. The van der Waals surface area contributed by atoms with Gasteiger partial charge < -0.3 is 10.2 Å². The van der Waals surface area contributed by atoms with Crippen molar-refractivity contribution >= 4 is 29.4 Å². The van der Waals surface area contributed by atoms with Crippen LogP contribution in [0.1, 0.15) is 18.1 Å². The van der Waals surface area contributed by atoms with Crippen LogP contribution in [0.5, 0.6) is 0 Å². The van der Waals surface area contributed by atoms with Gasteiger partial charge in [0.15, 0.2) is 0 Å². The van der Waals surface area contributed by atoms with Crippen molar-refractivity contribution < 1.29 is 18.8 Å². The predicted molar refractivity (Wildman–Crippen MR) is 117 cm³/mol. The van der Waals surface area contributed by atoms with E-state index in [1.165, 1.54) is 6.07 Å². The minimum absolute atomic E-state index is 0.297. The maximum atomic E-state index is 14.0. The Morgan fingerprint density at radius 1 is 1.06 bits per heavy atom. The highest BCUT2D eigenvalue weighted by molar-refractivity contribution is 6.31. The molecule has 7 nitrogen and oxygen atoms in total. The standard InChI is InChI=1S/C23H24ClFN4O3/c1-23(16-6-3-2-4-7-16)21(31)29(22(32)26-23)15-20(30)28-12-10-27(11-13-28)14-17-18(24)8-5-9-19(17)25/h2-9H,10-15H2,1H3,(H,26,32). The lowest BCUT2D eigenvalue weighted by Gasteiger charge is -2.35. The Bertz CT molecular complexity index is 1020. The maximum Gasteiger partial charge on any atom is 0.325 e. The van der Waals surface area contributed by atoms with E-state index in [9.17, 15) is 18.8 Å². The molecule has 0 aliphatic carbocycles. The third-order valence-corrected chi connectivity index (χ3v) is 6.44. The van der Waals surface area contributed by atoms with Gasteiger partial charge in [-0.25, -0.2) is 9.18 Å². The fourth-order valence-corrected chi connectivity index (χ4v) is 4.33. The van der Waals surface area contributed by atoms with E-state index in [1.54, 1.807) is 48.2 Å². The summed E-state index contributed by atoms with van der Waals surface area (Å²) in [6.07, 6.45) is 0. The van der Waals surface area contributed by atoms with Gasteiger partial charge in [-0.3, -0.25) is 19.4 Å². The number of rotatable bonds is 5. The van der Waals surface area contributed by atoms with Gasteiger partial charge in [-0.05, 0) is 24.6 Å².